The van der Waals surface area contributed by atoms with Gasteiger partial charge in [-0.25, -0.2) is 13.1 Å². The van der Waals surface area contributed by atoms with E-state index >= 15 is 0 Å². The number of hydrogen-bond donors (Lipinski definition) is 2. The molecule has 23 heavy (non-hydrogen) atoms. The minimum Gasteiger partial charge on any atom is -0.387 e. The molecule has 0 bridgehead atoms. The summed E-state index contributed by atoms with van der Waals surface area (Å²) in [7, 11) is -3.78. The van der Waals surface area contributed by atoms with E-state index in [4.69, 9.17) is 4.52 Å². The number of aryl methyl sites for hydroxylation is 2. The monoisotopic (exact) mass is 352 g/mol. The zero-order valence-electron chi connectivity index (χ0n) is 12.6. The van der Waals surface area contributed by atoms with Gasteiger partial charge in [0.15, 0.2) is 5.76 Å². The Balaban J connectivity index is 1.80. The molecule has 2 N–H and O–H groups in total. The number of nitrogens with one attached hydrogen (secondary N) is 1. The molecular weight excluding hydrogens is 336 g/mol. The molecule has 1 atom stereocenters. The normalized spacial score (nSPS) is 13.5. The van der Waals surface area contributed by atoms with Crippen molar-refractivity contribution in [3.63, 3.8) is 0 Å². The lowest BCUT2D eigenvalue weighted by atomic mass is 10.1. The third-order valence-corrected chi connectivity index (χ3v) is 6.22. The molecule has 0 aliphatic rings. The van der Waals surface area contributed by atoms with Crippen molar-refractivity contribution >= 4 is 31.4 Å². The van der Waals surface area contributed by atoms with Crippen molar-refractivity contribution in [2.45, 2.75) is 24.8 Å². The molecule has 0 radical (unpaired) electrons. The van der Waals surface area contributed by atoms with Crippen LogP contribution in [-0.2, 0) is 10.0 Å². The summed E-state index contributed by atoms with van der Waals surface area (Å²) in [5.41, 5.74) is 1.01. The van der Waals surface area contributed by atoms with Crippen LogP contribution in [0, 0.1) is 13.8 Å². The van der Waals surface area contributed by atoms with Crippen LogP contribution in [0.5, 0.6) is 0 Å². The minimum atomic E-state index is -3.78. The number of rotatable bonds is 5. The van der Waals surface area contributed by atoms with E-state index in [9.17, 15) is 13.5 Å². The highest BCUT2D eigenvalue weighted by molar-refractivity contribution is 7.89. The Morgan fingerprint density at radius 1 is 1.35 bits per heavy atom. The lowest BCUT2D eigenvalue weighted by Gasteiger charge is -2.12. The topological polar surface area (TPSA) is 92.4 Å². The number of aliphatic hydroxyl groups excluding tert-OH is 1. The highest BCUT2D eigenvalue weighted by atomic mass is 32.2. The Hall–Kier alpha value is -1.74. The molecule has 3 aromatic rings. The van der Waals surface area contributed by atoms with Crippen LogP contribution in [0.4, 0.5) is 0 Å². The van der Waals surface area contributed by atoms with Gasteiger partial charge in [0.2, 0.25) is 10.0 Å². The van der Waals surface area contributed by atoms with Gasteiger partial charge in [-0.15, -0.1) is 11.3 Å². The summed E-state index contributed by atoms with van der Waals surface area (Å²) in [5, 5.41) is 16.8. The van der Waals surface area contributed by atoms with E-state index in [0.717, 1.165) is 10.1 Å². The lowest BCUT2D eigenvalue weighted by molar-refractivity contribution is 0.184. The second-order valence-corrected chi connectivity index (χ2v) is 7.82. The summed E-state index contributed by atoms with van der Waals surface area (Å²) in [5.74, 6) is 0.227. The van der Waals surface area contributed by atoms with Crippen LogP contribution in [0.3, 0.4) is 0 Å². The molecule has 1 aromatic carbocycles. The average molecular weight is 352 g/mol. The smallest absolute Gasteiger partial charge is 0.246 e. The highest BCUT2D eigenvalue weighted by Crippen LogP contribution is 2.30. The number of hydrogen-bond acceptors (Lipinski definition) is 6. The zero-order valence-corrected chi connectivity index (χ0v) is 14.2. The van der Waals surface area contributed by atoms with Gasteiger partial charge in [-0.1, -0.05) is 23.4 Å². The summed E-state index contributed by atoms with van der Waals surface area (Å²) in [4.78, 5) is 0.0277. The molecular formula is C15H16N2O4S2. The van der Waals surface area contributed by atoms with Crippen molar-refractivity contribution < 1.29 is 18.0 Å². The van der Waals surface area contributed by atoms with Crippen molar-refractivity contribution in [3.05, 3.63) is 46.7 Å². The number of fused-ring (bicyclic) bond motifs is 1. The third-order valence-electron chi connectivity index (χ3n) is 3.57. The molecule has 8 heteroatoms. The fraction of sp³-hybridized carbons (Fsp3) is 0.267. The van der Waals surface area contributed by atoms with Crippen molar-refractivity contribution in [2.24, 2.45) is 0 Å². The maximum Gasteiger partial charge on any atom is 0.246 e. The molecule has 0 fully saturated rings. The van der Waals surface area contributed by atoms with E-state index in [0.29, 0.717) is 11.3 Å². The summed E-state index contributed by atoms with van der Waals surface area (Å²) >= 11 is 1.52. The van der Waals surface area contributed by atoms with Crippen LogP contribution in [0.1, 0.15) is 23.1 Å². The predicted octanol–water partition coefficient (Wildman–Crippen LogP) is 2.52. The SMILES string of the molecule is Cc1noc(C)c1S(=O)(=O)NC[C@@H](O)c1csc2ccccc12. The second-order valence-electron chi connectivity index (χ2n) is 5.21. The molecule has 0 aliphatic heterocycles. The number of nitrogens with zero attached hydrogens (tertiary/aromatic N) is 1. The van der Waals surface area contributed by atoms with Gasteiger partial charge < -0.3 is 9.63 Å². The molecule has 0 unspecified atom stereocenters. The first-order valence-corrected chi connectivity index (χ1v) is 9.33. The van der Waals surface area contributed by atoms with Crippen molar-refractivity contribution in [2.75, 3.05) is 6.54 Å². The Bertz CT molecular complexity index is 924. The van der Waals surface area contributed by atoms with E-state index in [1.165, 1.54) is 18.3 Å². The van der Waals surface area contributed by atoms with E-state index in [-0.39, 0.29) is 17.2 Å². The van der Waals surface area contributed by atoms with Gasteiger partial charge in [0, 0.05) is 16.8 Å². The fourth-order valence-corrected chi connectivity index (χ4v) is 4.86. The molecule has 0 saturated carbocycles. The first kappa shape index (κ1) is 16.1. The van der Waals surface area contributed by atoms with Gasteiger partial charge in [-0.05, 0) is 30.7 Å². The number of aliphatic hydroxyl groups is 1. The Morgan fingerprint density at radius 2 is 2.09 bits per heavy atom. The van der Waals surface area contributed by atoms with Crippen LogP contribution in [0.15, 0.2) is 39.1 Å². The maximum atomic E-state index is 12.4. The van der Waals surface area contributed by atoms with Crippen LogP contribution < -0.4 is 4.72 Å². The van der Waals surface area contributed by atoms with Gasteiger partial charge in [0.25, 0.3) is 0 Å². The van der Waals surface area contributed by atoms with E-state index in [1.807, 2.05) is 29.6 Å². The molecule has 0 spiro atoms. The van der Waals surface area contributed by atoms with E-state index < -0.39 is 16.1 Å². The van der Waals surface area contributed by atoms with Gasteiger partial charge >= 0.3 is 0 Å². The molecule has 0 aliphatic carbocycles. The standard InChI is InChI=1S/C15H16N2O4S2/c1-9-15(10(2)21-17-9)23(19,20)16-7-13(18)12-8-22-14-6-4-3-5-11(12)14/h3-6,8,13,16,18H,7H2,1-2H3/t13-/m1/s1. The highest BCUT2D eigenvalue weighted by Gasteiger charge is 2.25. The summed E-state index contributed by atoms with van der Waals surface area (Å²) < 4.78 is 33.1. The zero-order chi connectivity index (χ0) is 16.6. The average Bonchev–Trinajstić information content (AvgIpc) is 3.09. The van der Waals surface area contributed by atoms with Crippen LogP contribution in [-0.4, -0.2) is 25.2 Å². The van der Waals surface area contributed by atoms with Crippen LogP contribution in [0.25, 0.3) is 10.1 Å². The Kier molecular flexibility index (Phi) is 4.24. The Morgan fingerprint density at radius 3 is 2.78 bits per heavy atom. The van der Waals surface area contributed by atoms with Gasteiger partial charge in [0.05, 0.1) is 6.10 Å². The van der Waals surface area contributed by atoms with E-state index in [2.05, 4.69) is 9.88 Å². The first-order valence-electron chi connectivity index (χ1n) is 6.97. The van der Waals surface area contributed by atoms with Crippen molar-refractivity contribution in [3.8, 4) is 0 Å². The molecule has 2 heterocycles. The molecule has 122 valence electrons. The third kappa shape index (κ3) is 3.02. The molecule has 0 amide bonds. The molecule has 2 aromatic heterocycles. The lowest BCUT2D eigenvalue weighted by Crippen LogP contribution is -2.29. The molecule has 3 rings (SSSR count). The summed E-state index contributed by atoms with van der Waals surface area (Å²) in [6, 6.07) is 7.69. The quantitative estimate of drug-likeness (QED) is 0.736. The number of sulfonamides is 1. The fourth-order valence-electron chi connectivity index (χ4n) is 2.49. The second kappa shape index (κ2) is 6.04. The van der Waals surface area contributed by atoms with Crippen LogP contribution in [0.2, 0.25) is 0 Å². The molecule has 0 saturated heterocycles. The number of thiophene rings is 1. The van der Waals surface area contributed by atoms with E-state index in [1.54, 1.807) is 6.92 Å². The van der Waals surface area contributed by atoms with Crippen molar-refractivity contribution in [1.29, 1.82) is 0 Å². The van der Waals surface area contributed by atoms with Gasteiger partial charge in [-0.3, -0.25) is 0 Å². The Labute approximate surface area is 137 Å². The summed E-state index contributed by atoms with van der Waals surface area (Å²) in [6.07, 6.45) is -0.929. The van der Waals surface area contributed by atoms with Gasteiger partial charge in [0.1, 0.15) is 10.6 Å². The number of aromatic nitrogens is 1. The first-order chi connectivity index (χ1) is 10.9. The molecule has 6 nitrogen and oxygen atoms in total. The number of benzene rings is 1. The maximum absolute atomic E-state index is 12.4. The van der Waals surface area contributed by atoms with Gasteiger partial charge in [-0.2, -0.15) is 0 Å². The van der Waals surface area contributed by atoms with Crippen LogP contribution >= 0.6 is 11.3 Å². The van der Waals surface area contributed by atoms with Crippen molar-refractivity contribution in [1.82, 2.24) is 9.88 Å². The minimum absolute atomic E-state index is 0.0277. The predicted molar refractivity (Wildman–Crippen MR) is 88.0 cm³/mol. The largest absolute Gasteiger partial charge is 0.387 e. The summed E-state index contributed by atoms with van der Waals surface area (Å²) in [6.45, 7) is 2.98.